The predicted octanol–water partition coefficient (Wildman–Crippen LogP) is 2.34. The first kappa shape index (κ1) is 15.0. The van der Waals surface area contributed by atoms with Crippen molar-refractivity contribution >= 4 is 17.4 Å². The van der Waals surface area contributed by atoms with Crippen molar-refractivity contribution in [2.24, 2.45) is 0 Å². The van der Waals surface area contributed by atoms with Crippen molar-refractivity contribution < 1.29 is 4.79 Å². The molecule has 0 bridgehead atoms. The van der Waals surface area contributed by atoms with Gasteiger partial charge in [0, 0.05) is 25.0 Å². The number of rotatable bonds is 3. The van der Waals surface area contributed by atoms with Gasteiger partial charge in [-0.3, -0.25) is 0 Å². The largest absolute Gasteiger partial charge is 0.332 e. The second-order valence-corrected chi connectivity index (χ2v) is 6.24. The molecule has 2 aromatic rings. The second kappa shape index (κ2) is 6.89. The summed E-state index contributed by atoms with van der Waals surface area (Å²) < 4.78 is 0. The Balaban J connectivity index is 1.70. The maximum absolute atomic E-state index is 12.6. The third-order valence-electron chi connectivity index (χ3n) is 3.93. The highest BCUT2D eigenvalue weighted by Gasteiger charge is 2.30. The number of carbonyl (C=O) groups excluding carboxylic acids is 1. The topological polar surface area (TPSA) is 48.5 Å². The van der Waals surface area contributed by atoms with Crippen LogP contribution >= 0.6 is 11.3 Å². The van der Waals surface area contributed by atoms with Gasteiger partial charge in [-0.05, 0) is 12.6 Å². The Morgan fingerprint density at radius 2 is 2.18 bits per heavy atom. The molecule has 6 heteroatoms. The van der Waals surface area contributed by atoms with Crippen LogP contribution in [0.1, 0.15) is 17.3 Å². The predicted molar refractivity (Wildman–Crippen MR) is 87.7 cm³/mol. The molecule has 1 fully saturated rings. The van der Waals surface area contributed by atoms with E-state index in [2.05, 4.69) is 34.4 Å². The fourth-order valence-electron chi connectivity index (χ4n) is 2.72. The first-order valence-corrected chi connectivity index (χ1v) is 8.33. The van der Waals surface area contributed by atoms with Crippen molar-refractivity contribution in [1.29, 1.82) is 0 Å². The number of urea groups is 1. The van der Waals surface area contributed by atoms with Crippen LogP contribution in [0, 0.1) is 0 Å². The SMILES string of the molecule is CN1CCN(C(=O)NCc2cscn2)C(c2ccccc2)C1. The van der Waals surface area contributed by atoms with Gasteiger partial charge < -0.3 is 15.1 Å². The van der Waals surface area contributed by atoms with Crippen molar-refractivity contribution in [3.63, 3.8) is 0 Å². The number of hydrogen-bond donors (Lipinski definition) is 1. The zero-order chi connectivity index (χ0) is 15.4. The molecule has 22 heavy (non-hydrogen) atoms. The molecule has 0 aliphatic carbocycles. The van der Waals surface area contributed by atoms with Gasteiger partial charge in [-0.15, -0.1) is 11.3 Å². The molecular weight excluding hydrogens is 296 g/mol. The van der Waals surface area contributed by atoms with Crippen molar-refractivity contribution in [2.45, 2.75) is 12.6 Å². The Hall–Kier alpha value is -1.92. The van der Waals surface area contributed by atoms with Gasteiger partial charge in [-0.2, -0.15) is 0 Å². The molecule has 2 heterocycles. The van der Waals surface area contributed by atoms with Gasteiger partial charge in [-0.1, -0.05) is 30.3 Å². The van der Waals surface area contributed by atoms with Crippen LogP contribution in [0.3, 0.4) is 0 Å². The number of thiazole rings is 1. The zero-order valence-electron chi connectivity index (χ0n) is 12.6. The standard InChI is InChI=1S/C16H20N4OS/c1-19-7-8-20(15(10-19)13-5-3-2-4-6-13)16(21)17-9-14-11-22-12-18-14/h2-6,11-12,15H,7-10H2,1H3,(H,17,21). The smallest absolute Gasteiger partial charge is 0.318 e. The third-order valence-corrected chi connectivity index (χ3v) is 4.57. The molecule has 0 saturated carbocycles. The summed E-state index contributed by atoms with van der Waals surface area (Å²) in [4.78, 5) is 21.0. The quantitative estimate of drug-likeness (QED) is 0.945. The van der Waals surface area contributed by atoms with Crippen molar-refractivity contribution in [2.75, 3.05) is 26.7 Å². The molecule has 1 unspecified atom stereocenters. The van der Waals surface area contributed by atoms with Gasteiger partial charge in [0.05, 0.1) is 23.8 Å². The number of amides is 2. The lowest BCUT2D eigenvalue weighted by Gasteiger charge is -2.40. The van der Waals surface area contributed by atoms with Gasteiger partial charge >= 0.3 is 6.03 Å². The average Bonchev–Trinajstić information content (AvgIpc) is 3.07. The Morgan fingerprint density at radius 1 is 1.36 bits per heavy atom. The maximum atomic E-state index is 12.6. The van der Waals surface area contributed by atoms with E-state index in [4.69, 9.17) is 0 Å². The number of carbonyl (C=O) groups is 1. The summed E-state index contributed by atoms with van der Waals surface area (Å²) in [6.07, 6.45) is 0. The normalized spacial score (nSPS) is 19.1. The van der Waals surface area contributed by atoms with E-state index in [1.165, 1.54) is 5.56 Å². The fraction of sp³-hybridized carbons (Fsp3) is 0.375. The van der Waals surface area contributed by atoms with E-state index >= 15 is 0 Å². The van der Waals surface area contributed by atoms with Crippen LogP contribution < -0.4 is 5.32 Å². The molecule has 0 radical (unpaired) electrons. The lowest BCUT2D eigenvalue weighted by Crippen LogP contribution is -2.52. The first-order valence-electron chi connectivity index (χ1n) is 7.39. The third kappa shape index (κ3) is 3.45. The fourth-order valence-corrected chi connectivity index (χ4v) is 3.27. The minimum Gasteiger partial charge on any atom is -0.332 e. The molecule has 5 nitrogen and oxygen atoms in total. The van der Waals surface area contributed by atoms with Crippen LogP contribution in [-0.4, -0.2) is 47.5 Å². The van der Waals surface area contributed by atoms with Gasteiger partial charge in [0.15, 0.2) is 0 Å². The number of benzene rings is 1. The van der Waals surface area contributed by atoms with E-state index in [1.54, 1.807) is 16.8 Å². The molecule has 1 saturated heterocycles. The molecule has 1 atom stereocenters. The Morgan fingerprint density at radius 3 is 2.91 bits per heavy atom. The molecule has 3 rings (SSSR count). The maximum Gasteiger partial charge on any atom is 0.318 e. The number of nitrogens with zero attached hydrogens (tertiary/aromatic N) is 3. The molecule has 1 aliphatic rings. The molecule has 1 aromatic carbocycles. The summed E-state index contributed by atoms with van der Waals surface area (Å²) in [6, 6.07) is 10.3. The summed E-state index contributed by atoms with van der Waals surface area (Å²) in [7, 11) is 2.10. The van der Waals surface area contributed by atoms with Crippen LogP contribution in [0.4, 0.5) is 4.79 Å². The van der Waals surface area contributed by atoms with E-state index in [0.29, 0.717) is 6.54 Å². The van der Waals surface area contributed by atoms with Gasteiger partial charge in [-0.25, -0.2) is 9.78 Å². The minimum absolute atomic E-state index is 0.0186. The summed E-state index contributed by atoms with van der Waals surface area (Å²) in [6.45, 7) is 2.97. The molecule has 1 N–H and O–H groups in total. The monoisotopic (exact) mass is 316 g/mol. The summed E-state index contributed by atoms with van der Waals surface area (Å²) in [5.41, 5.74) is 3.87. The molecule has 0 spiro atoms. The van der Waals surface area contributed by atoms with Crippen LogP contribution in [0.2, 0.25) is 0 Å². The molecule has 1 aliphatic heterocycles. The minimum atomic E-state index is -0.0186. The number of piperazine rings is 1. The van der Waals surface area contributed by atoms with Gasteiger partial charge in [0.1, 0.15) is 0 Å². The summed E-state index contributed by atoms with van der Waals surface area (Å²) in [5.74, 6) is 0. The Bertz CT molecular complexity index is 602. The van der Waals surface area contributed by atoms with Crippen LogP contribution in [-0.2, 0) is 6.54 Å². The molecular formula is C16H20N4OS. The van der Waals surface area contributed by atoms with Crippen LogP contribution in [0.25, 0.3) is 0 Å². The first-order chi connectivity index (χ1) is 10.7. The molecule has 2 amide bonds. The highest BCUT2D eigenvalue weighted by molar-refractivity contribution is 7.07. The van der Waals surface area contributed by atoms with Gasteiger partial charge in [0.2, 0.25) is 0 Å². The number of nitrogens with one attached hydrogen (secondary N) is 1. The Kier molecular flexibility index (Phi) is 4.70. The highest BCUT2D eigenvalue weighted by atomic mass is 32.1. The number of likely N-dealkylation sites (N-methyl/N-ethyl adjacent to an activating group) is 1. The van der Waals surface area contributed by atoms with Crippen molar-refractivity contribution in [3.8, 4) is 0 Å². The summed E-state index contributed by atoms with van der Waals surface area (Å²) in [5, 5.41) is 4.94. The Labute approximate surface area is 134 Å². The summed E-state index contributed by atoms with van der Waals surface area (Å²) >= 11 is 1.54. The lowest BCUT2D eigenvalue weighted by molar-refractivity contribution is 0.108. The van der Waals surface area contributed by atoms with Crippen LogP contribution in [0.5, 0.6) is 0 Å². The lowest BCUT2D eigenvalue weighted by atomic mass is 10.0. The number of hydrogen-bond acceptors (Lipinski definition) is 4. The highest BCUT2D eigenvalue weighted by Crippen LogP contribution is 2.24. The molecule has 116 valence electrons. The van der Waals surface area contributed by atoms with Crippen LogP contribution in [0.15, 0.2) is 41.2 Å². The molecule has 1 aromatic heterocycles. The van der Waals surface area contributed by atoms with Crippen molar-refractivity contribution in [1.82, 2.24) is 20.1 Å². The van der Waals surface area contributed by atoms with E-state index in [-0.39, 0.29) is 12.1 Å². The second-order valence-electron chi connectivity index (χ2n) is 5.52. The van der Waals surface area contributed by atoms with E-state index in [9.17, 15) is 4.79 Å². The van der Waals surface area contributed by atoms with E-state index in [1.807, 2.05) is 28.5 Å². The van der Waals surface area contributed by atoms with E-state index in [0.717, 1.165) is 25.3 Å². The van der Waals surface area contributed by atoms with Gasteiger partial charge in [0.25, 0.3) is 0 Å². The average molecular weight is 316 g/mol. The van der Waals surface area contributed by atoms with Crippen molar-refractivity contribution in [3.05, 3.63) is 52.5 Å². The number of aromatic nitrogens is 1. The zero-order valence-corrected chi connectivity index (χ0v) is 13.4. The van der Waals surface area contributed by atoms with E-state index < -0.39 is 0 Å².